The van der Waals surface area contributed by atoms with E-state index in [2.05, 4.69) is 39.5 Å². The lowest BCUT2D eigenvalue weighted by atomic mass is 10.0. The van der Waals surface area contributed by atoms with Gasteiger partial charge in [-0.3, -0.25) is 0 Å². The highest BCUT2D eigenvalue weighted by atomic mass is 32.2. The molecule has 1 fully saturated rings. The van der Waals surface area contributed by atoms with Crippen molar-refractivity contribution >= 4 is 17.7 Å². The lowest BCUT2D eigenvalue weighted by Gasteiger charge is -2.22. The van der Waals surface area contributed by atoms with Gasteiger partial charge in [-0.05, 0) is 51.0 Å². The molecular formula is C15H26N4OS. The van der Waals surface area contributed by atoms with Crippen molar-refractivity contribution in [2.45, 2.75) is 40.2 Å². The van der Waals surface area contributed by atoms with Gasteiger partial charge in [-0.1, -0.05) is 5.16 Å². The van der Waals surface area contributed by atoms with Crippen LogP contribution in [0.2, 0.25) is 0 Å². The van der Waals surface area contributed by atoms with E-state index in [1.165, 1.54) is 24.3 Å². The molecule has 0 unspecified atom stereocenters. The van der Waals surface area contributed by atoms with Crippen LogP contribution in [0.4, 0.5) is 0 Å². The van der Waals surface area contributed by atoms with Crippen molar-refractivity contribution in [1.29, 1.82) is 0 Å². The first-order valence-electron chi connectivity index (χ1n) is 7.72. The molecule has 0 saturated carbocycles. The maximum atomic E-state index is 5.18. The van der Waals surface area contributed by atoms with Gasteiger partial charge >= 0.3 is 0 Å². The second-order valence-electron chi connectivity index (χ2n) is 5.43. The lowest BCUT2D eigenvalue weighted by Crippen LogP contribution is -2.40. The molecular weight excluding hydrogens is 284 g/mol. The molecule has 2 rings (SSSR count). The molecule has 2 heterocycles. The molecule has 0 atom stereocenters. The van der Waals surface area contributed by atoms with E-state index in [1.807, 2.05) is 13.8 Å². The Labute approximate surface area is 131 Å². The number of nitrogens with zero attached hydrogens (tertiary/aromatic N) is 2. The van der Waals surface area contributed by atoms with E-state index in [-0.39, 0.29) is 0 Å². The van der Waals surface area contributed by atoms with Crippen molar-refractivity contribution in [2.75, 3.05) is 24.6 Å². The molecule has 0 aromatic carbocycles. The van der Waals surface area contributed by atoms with Crippen LogP contribution < -0.4 is 10.6 Å². The quantitative estimate of drug-likeness (QED) is 0.646. The van der Waals surface area contributed by atoms with Crippen molar-refractivity contribution in [2.24, 2.45) is 10.9 Å². The highest BCUT2D eigenvalue weighted by Crippen LogP contribution is 2.21. The van der Waals surface area contributed by atoms with Gasteiger partial charge < -0.3 is 15.2 Å². The summed E-state index contributed by atoms with van der Waals surface area (Å²) in [6.45, 7) is 8.47. The summed E-state index contributed by atoms with van der Waals surface area (Å²) in [4.78, 5) is 4.65. The van der Waals surface area contributed by atoms with Crippen LogP contribution in [0.5, 0.6) is 0 Å². The summed E-state index contributed by atoms with van der Waals surface area (Å²) in [6, 6.07) is 0. The molecule has 1 aliphatic heterocycles. The summed E-state index contributed by atoms with van der Waals surface area (Å²) in [6.07, 6.45) is 2.61. The van der Waals surface area contributed by atoms with Crippen molar-refractivity contribution in [1.82, 2.24) is 15.8 Å². The first-order chi connectivity index (χ1) is 10.2. The number of aromatic nitrogens is 1. The Morgan fingerprint density at radius 1 is 1.33 bits per heavy atom. The van der Waals surface area contributed by atoms with Crippen LogP contribution in [0.3, 0.4) is 0 Å². The standard InChI is InChI=1S/C15H26N4OS/c1-4-16-15(17-9-13-5-7-21-8-6-13)18-10-14-11(2)19-20-12(14)3/h13H,4-10H2,1-3H3,(H2,16,17,18). The lowest BCUT2D eigenvalue weighted by molar-refractivity contribution is 0.392. The Kier molecular flexibility index (Phi) is 6.42. The molecule has 118 valence electrons. The highest BCUT2D eigenvalue weighted by Gasteiger charge is 2.14. The van der Waals surface area contributed by atoms with E-state index in [4.69, 9.17) is 4.52 Å². The topological polar surface area (TPSA) is 62.5 Å². The SMILES string of the molecule is CCNC(=NCc1c(C)noc1C)NCC1CCSCC1. The van der Waals surface area contributed by atoms with Crippen LogP contribution in [0.1, 0.15) is 36.8 Å². The zero-order valence-electron chi connectivity index (χ0n) is 13.2. The molecule has 6 heteroatoms. The number of rotatable bonds is 5. The highest BCUT2D eigenvalue weighted by molar-refractivity contribution is 7.99. The largest absolute Gasteiger partial charge is 0.361 e. The maximum absolute atomic E-state index is 5.18. The zero-order chi connectivity index (χ0) is 15.1. The third kappa shape index (κ3) is 4.95. The van der Waals surface area contributed by atoms with Gasteiger partial charge in [-0.25, -0.2) is 4.99 Å². The molecule has 1 saturated heterocycles. The molecule has 5 nitrogen and oxygen atoms in total. The van der Waals surface area contributed by atoms with Crippen molar-refractivity contribution in [3.8, 4) is 0 Å². The van der Waals surface area contributed by atoms with Crippen LogP contribution in [0, 0.1) is 19.8 Å². The van der Waals surface area contributed by atoms with Gasteiger partial charge in [0.2, 0.25) is 0 Å². The number of aryl methyl sites for hydroxylation is 2. The van der Waals surface area contributed by atoms with Gasteiger partial charge in [0.1, 0.15) is 5.76 Å². The smallest absolute Gasteiger partial charge is 0.191 e. The number of thioether (sulfide) groups is 1. The fraction of sp³-hybridized carbons (Fsp3) is 0.733. The summed E-state index contributed by atoms with van der Waals surface area (Å²) in [7, 11) is 0. The maximum Gasteiger partial charge on any atom is 0.191 e. The van der Waals surface area contributed by atoms with E-state index < -0.39 is 0 Å². The van der Waals surface area contributed by atoms with Gasteiger partial charge in [-0.2, -0.15) is 11.8 Å². The summed E-state index contributed by atoms with van der Waals surface area (Å²) in [5, 5.41) is 10.7. The number of nitrogens with one attached hydrogen (secondary N) is 2. The summed E-state index contributed by atoms with van der Waals surface area (Å²) >= 11 is 2.06. The average molecular weight is 310 g/mol. The number of hydrogen-bond donors (Lipinski definition) is 2. The Morgan fingerprint density at radius 2 is 2.10 bits per heavy atom. The van der Waals surface area contributed by atoms with Gasteiger partial charge in [-0.15, -0.1) is 0 Å². The van der Waals surface area contributed by atoms with E-state index in [9.17, 15) is 0 Å². The van der Waals surface area contributed by atoms with Crippen LogP contribution in [0.25, 0.3) is 0 Å². The van der Waals surface area contributed by atoms with E-state index >= 15 is 0 Å². The van der Waals surface area contributed by atoms with Crippen molar-refractivity contribution in [3.05, 3.63) is 17.0 Å². The monoisotopic (exact) mass is 310 g/mol. The van der Waals surface area contributed by atoms with Gasteiger partial charge in [0.25, 0.3) is 0 Å². The molecule has 21 heavy (non-hydrogen) atoms. The van der Waals surface area contributed by atoms with E-state index in [0.29, 0.717) is 6.54 Å². The second kappa shape index (κ2) is 8.32. The van der Waals surface area contributed by atoms with Crippen LogP contribution in [0.15, 0.2) is 9.52 Å². The summed E-state index contributed by atoms with van der Waals surface area (Å²) in [5.74, 6) is 5.10. The van der Waals surface area contributed by atoms with Gasteiger partial charge in [0, 0.05) is 18.7 Å². The number of guanidine groups is 1. The number of aliphatic imine (C=N–C) groups is 1. The third-order valence-corrected chi connectivity index (χ3v) is 4.87. The number of hydrogen-bond acceptors (Lipinski definition) is 4. The van der Waals surface area contributed by atoms with E-state index in [1.54, 1.807) is 0 Å². The molecule has 0 radical (unpaired) electrons. The van der Waals surface area contributed by atoms with E-state index in [0.717, 1.165) is 42.0 Å². The Balaban J connectivity index is 1.89. The average Bonchev–Trinajstić information content (AvgIpc) is 2.82. The van der Waals surface area contributed by atoms with Crippen LogP contribution in [-0.2, 0) is 6.54 Å². The molecule has 0 bridgehead atoms. The molecule has 0 aliphatic carbocycles. The predicted molar refractivity (Wildman–Crippen MR) is 88.8 cm³/mol. The molecule has 1 aromatic rings. The Bertz CT molecular complexity index is 447. The molecule has 1 aromatic heterocycles. The fourth-order valence-electron chi connectivity index (χ4n) is 2.42. The van der Waals surface area contributed by atoms with Crippen LogP contribution in [-0.4, -0.2) is 35.7 Å². The van der Waals surface area contributed by atoms with Gasteiger partial charge in [0.15, 0.2) is 5.96 Å². The molecule has 2 N–H and O–H groups in total. The normalized spacial score (nSPS) is 17.0. The second-order valence-corrected chi connectivity index (χ2v) is 6.66. The first kappa shape index (κ1) is 16.2. The molecule has 1 aliphatic rings. The minimum atomic E-state index is 0.608. The Hall–Kier alpha value is -1.17. The van der Waals surface area contributed by atoms with Crippen molar-refractivity contribution < 1.29 is 4.52 Å². The van der Waals surface area contributed by atoms with Gasteiger partial charge in [0.05, 0.1) is 12.2 Å². The Morgan fingerprint density at radius 3 is 2.71 bits per heavy atom. The summed E-state index contributed by atoms with van der Waals surface area (Å²) < 4.78 is 5.18. The zero-order valence-corrected chi connectivity index (χ0v) is 14.1. The predicted octanol–water partition coefficient (Wildman–Crippen LogP) is 2.49. The van der Waals surface area contributed by atoms with Crippen molar-refractivity contribution in [3.63, 3.8) is 0 Å². The minimum Gasteiger partial charge on any atom is -0.361 e. The first-order valence-corrected chi connectivity index (χ1v) is 8.87. The van der Waals surface area contributed by atoms with Crippen LogP contribution >= 0.6 is 11.8 Å². The molecule has 0 amide bonds. The fourth-order valence-corrected chi connectivity index (χ4v) is 3.62. The third-order valence-electron chi connectivity index (χ3n) is 3.82. The minimum absolute atomic E-state index is 0.608. The summed E-state index contributed by atoms with van der Waals surface area (Å²) in [5.41, 5.74) is 2.01. The molecule has 0 spiro atoms.